The fourth-order valence-corrected chi connectivity index (χ4v) is 1.26. The van der Waals surface area contributed by atoms with Crippen LogP contribution >= 0.6 is 0 Å². The SMILES string of the molecule is COc1cccc(C(=O)NCCOCC(=O)O)c1. The van der Waals surface area contributed by atoms with E-state index < -0.39 is 5.97 Å². The number of rotatable bonds is 7. The van der Waals surface area contributed by atoms with Gasteiger partial charge in [-0.25, -0.2) is 4.79 Å². The van der Waals surface area contributed by atoms with E-state index in [1.807, 2.05) is 0 Å². The molecule has 0 saturated carbocycles. The third-order valence-electron chi connectivity index (χ3n) is 2.09. The van der Waals surface area contributed by atoms with Crippen LogP contribution in [0.15, 0.2) is 24.3 Å². The number of nitrogens with one attached hydrogen (secondary N) is 1. The van der Waals surface area contributed by atoms with Crippen molar-refractivity contribution in [3.8, 4) is 5.75 Å². The van der Waals surface area contributed by atoms with E-state index in [1.165, 1.54) is 7.11 Å². The molecule has 0 atom stereocenters. The molecular formula is C12H15NO5. The molecule has 1 aromatic rings. The van der Waals surface area contributed by atoms with Crippen LogP contribution in [-0.2, 0) is 9.53 Å². The summed E-state index contributed by atoms with van der Waals surface area (Å²) in [5.74, 6) is -0.688. The van der Waals surface area contributed by atoms with Crippen molar-refractivity contribution in [1.82, 2.24) is 5.32 Å². The molecule has 1 amide bonds. The summed E-state index contributed by atoms with van der Waals surface area (Å²) in [6, 6.07) is 6.74. The number of ether oxygens (including phenoxy) is 2. The quantitative estimate of drug-likeness (QED) is 0.692. The Morgan fingerprint density at radius 2 is 2.17 bits per heavy atom. The van der Waals surface area contributed by atoms with E-state index in [9.17, 15) is 9.59 Å². The van der Waals surface area contributed by atoms with Crippen molar-refractivity contribution in [2.45, 2.75) is 0 Å². The zero-order valence-electron chi connectivity index (χ0n) is 10.0. The Balaban J connectivity index is 2.33. The average molecular weight is 253 g/mol. The largest absolute Gasteiger partial charge is 0.497 e. The number of aliphatic carboxylic acids is 1. The second-order valence-electron chi connectivity index (χ2n) is 3.43. The maximum atomic E-state index is 11.7. The molecule has 6 nitrogen and oxygen atoms in total. The normalized spacial score (nSPS) is 9.83. The van der Waals surface area contributed by atoms with Gasteiger partial charge in [0.1, 0.15) is 12.4 Å². The van der Waals surface area contributed by atoms with Crippen LogP contribution in [0.4, 0.5) is 0 Å². The molecule has 0 saturated heterocycles. The van der Waals surface area contributed by atoms with Crippen molar-refractivity contribution < 1.29 is 24.2 Å². The fraction of sp³-hybridized carbons (Fsp3) is 0.333. The summed E-state index contributed by atoms with van der Waals surface area (Å²) >= 11 is 0. The first-order valence-electron chi connectivity index (χ1n) is 5.35. The lowest BCUT2D eigenvalue weighted by atomic mass is 10.2. The number of carboxylic acids is 1. The molecule has 0 aliphatic carbocycles. The van der Waals surface area contributed by atoms with Crippen LogP contribution < -0.4 is 10.1 Å². The third kappa shape index (κ3) is 4.84. The van der Waals surface area contributed by atoms with Crippen LogP contribution in [0, 0.1) is 0 Å². The lowest BCUT2D eigenvalue weighted by Crippen LogP contribution is -2.27. The summed E-state index contributed by atoms with van der Waals surface area (Å²) in [6.45, 7) is 0.0420. The average Bonchev–Trinajstić information content (AvgIpc) is 2.37. The highest BCUT2D eigenvalue weighted by atomic mass is 16.5. The second-order valence-corrected chi connectivity index (χ2v) is 3.43. The Morgan fingerprint density at radius 3 is 2.83 bits per heavy atom. The molecular weight excluding hydrogens is 238 g/mol. The van der Waals surface area contributed by atoms with Gasteiger partial charge < -0.3 is 19.9 Å². The maximum absolute atomic E-state index is 11.7. The Hall–Kier alpha value is -2.08. The van der Waals surface area contributed by atoms with E-state index in [-0.39, 0.29) is 25.7 Å². The van der Waals surface area contributed by atoms with Crippen molar-refractivity contribution in [1.29, 1.82) is 0 Å². The van der Waals surface area contributed by atoms with Gasteiger partial charge in [-0.05, 0) is 18.2 Å². The summed E-state index contributed by atoms with van der Waals surface area (Å²) in [5.41, 5.74) is 0.479. The molecule has 0 aromatic heterocycles. The van der Waals surface area contributed by atoms with Crippen LogP contribution in [0.1, 0.15) is 10.4 Å². The van der Waals surface area contributed by atoms with E-state index in [2.05, 4.69) is 5.32 Å². The molecule has 0 aliphatic heterocycles. The van der Waals surface area contributed by atoms with Gasteiger partial charge >= 0.3 is 5.97 Å². The van der Waals surface area contributed by atoms with Crippen LogP contribution in [0.25, 0.3) is 0 Å². The molecule has 0 spiro atoms. The van der Waals surface area contributed by atoms with Crippen LogP contribution in [0.5, 0.6) is 5.75 Å². The summed E-state index contributed by atoms with van der Waals surface area (Å²) in [5, 5.41) is 10.9. The van der Waals surface area contributed by atoms with E-state index in [0.29, 0.717) is 11.3 Å². The van der Waals surface area contributed by atoms with Gasteiger partial charge in [0.15, 0.2) is 0 Å². The predicted molar refractivity (Wildman–Crippen MR) is 63.8 cm³/mol. The molecule has 0 fully saturated rings. The van der Waals surface area contributed by atoms with Crippen LogP contribution in [-0.4, -0.2) is 43.9 Å². The van der Waals surface area contributed by atoms with E-state index in [1.54, 1.807) is 24.3 Å². The number of amides is 1. The van der Waals surface area contributed by atoms with E-state index in [0.717, 1.165) is 0 Å². The highest BCUT2D eigenvalue weighted by molar-refractivity contribution is 5.94. The van der Waals surface area contributed by atoms with Gasteiger partial charge in [-0.3, -0.25) is 4.79 Å². The Labute approximate surface area is 105 Å². The van der Waals surface area contributed by atoms with Crippen molar-refractivity contribution in [2.24, 2.45) is 0 Å². The molecule has 0 bridgehead atoms. The standard InChI is InChI=1S/C12H15NO5/c1-17-10-4-2-3-9(7-10)12(16)13-5-6-18-8-11(14)15/h2-4,7H,5-6,8H2,1H3,(H,13,16)(H,14,15). The number of benzene rings is 1. The monoisotopic (exact) mass is 253 g/mol. The van der Waals surface area contributed by atoms with Crippen molar-refractivity contribution in [3.05, 3.63) is 29.8 Å². The fourth-order valence-electron chi connectivity index (χ4n) is 1.26. The predicted octanol–water partition coefficient (Wildman–Crippen LogP) is 0.526. The minimum absolute atomic E-state index is 0.155. The summed E-state index contributed by atoms with van der Waals surface area (Å²) < 4.78 is 9.79. The Morgan fingerprint density at radius 1 is 1.39 bits per heavy atom. The van der Waals surface area contributed by atoms with E-state index in [4.69, 9.17) is 14.6 Å². The van der Waals surface area contributed by atoms with Gasteiger partial charge in [0.05, 0.1) is 13.7 Å². The van der Waals surface area contributed by atoms with E-state index >= 15 is 0 Å². The first kappa shape index (κ1) is 14.0. The first-order chi connectivity index (χ1) is 8.63. The third-order valence-corrected chi connectivity index (χ3v) is 2.09. The molecule has 6 heteroatoms. The summed E-state index contributed by atoms with van der Waals surface area (Å²) in [6.07, 6.45) is 0. The highest BCUT2D eigenvalue weighted by Crippen LogP contribution is 2.12. The highest BCUT2D eigenvalue weighted by Gasteiger charge is 2.05. The molecule has 98 valence electrons. The number of hydrogen-bond donors (Lipinski definition) is 2. The van der Waals surface area contributed by atoms with Crippen molar-refractivity contribution >= 4 is 11.9 Å². The maximum Gasteiger partial charge on any atom is 0.329 e. The molecule has 2 N–H and O–H groups in total. The van der Waals surface area contributed by atoms with Gasteiger partial charge in [0.2, 0.25) is 0 Å². The summed E-state index contributed by atoms with van der Waals surface area (Å²) in [4.78, 5) is 21.8. The molecule has 18 heavy (non-hydrogen) atoms. The molecule has 0 unspecified atom stereocenters. The topological polar surface area (TPSA) is 84.9 Å². The van der Waals surface area contributed by atoms with Crippen LogP contribution in [0.2, 0.25) is 0 Å². The van der Waals surface area contributed by atoms with Crippen molar-refractivity contribution in [2.75, 3.05) is 26.9 Å². The number of carboxylic acid groups (broad SMARTS) is 1. The molecule has 0 heterocycles. The number of carbonyl (C=O) groups is 2. The molecule has 1 aromatic carbocycles. The first-order valence-corrected chi connectivity index (χ1v) is 5.35. The summed E-state index contributed by atoms with van der Waals surface area (Å²) in [7, 11) is 1.52. The van der Waals surface area contributed by atoms with Crippen LogP contribution in [0.3, 0.4) is 0 Å². The lowest BCUT2D eigenvalue weighted by molar-refractivity contribution is -0.142. The van der Waals surface area contributed by atoms with Gasteiger partial charge in [-0.2, -0.15) is 0 Å². The number of hydrogen-bond acceptors (Lipinski definition) is 4. The smallest absolute Gasteiger partial charge is 0.329 e. The lowest BCUT2D eigenvalue weighted by Gasteiger charge is -2.06. The minimum atomic E-state index is -1.03. The second kappa shape index (κ2) is 7.29. The molecule has 0 radical (unpaired) electrons. The molecule has 1 rings (SSSR count). The Kier molecular flexibility index (Phi) is 5.66. The zero-order chi connectivity index (χ0) is 13.4. The molecule has 0 aliphatic rings. The number of carbonyl (C=O) groups excluding carboxylic acids is 1. The van der Waals surface area contributed by atoms with Gasteiger partial charge in [0.25, 0.3) is 5.91 Å². The van der Waals surface area contributed by atoms with Gasteiger partial charge in [-0.15, -0.1) is 0 Å². The minimum Gasteiger partial charge on any atom is -0.497 e. The zero-order valence-corrected chi connectivity index (χ0v) is 10.0. The van der Waals surface area contributed by atoms with Gasteiger partial charge in [0, 0.05) is 12.1 Å². The Bertz CT molecular complexity index is 419. The van der Waals surface area contributed by atoms with Crippen molar-refractivity contribution in [3.63, 3.8) is 0 Å². The number of methoxy groups -OCH3 is 1. The van der Waals surface area contributed by atoms with Gasteiger partial charge in [-0.1, -0.05) is 6.07 Å².